The van der Waals surface area contributed by atoms with Crippen LogP contribution in [0.2, 0.25) is 5.02 Å². The summed E-state index contributed by atoms with van der Waals surface area (Å²) in [6.45, 7) is 0. The van der Waals surface area contributed by atoms with Crippen molar-refractivity contribution in [3.63, 3.8) is 0 Å². The molecule has 0 radical (unpaired) electrons. The molecule has 1 atom stereocenters. The van der Waals surface area contributed by atoms with Crippen molar-refractivity contribution in [2.75, 3.05) is 14.2 Å². The summed E-state index contributed by atoms with van der Waals surface area (Å²) in [6, 6.07) is 6.67. The Morgan fingerprint density at radius 3 is 2.47 bits per heavy atom. The van der Waals surface area contributed by atoms with Gasteiger partial charge in [0.2, 0.25) is 0 Å². The number of hydrogen-bond acceptors (Lipinski definition) is 4. The van der Waals surface area contributed by atoms with Crippen LogP contribution in [-0.2, 0) is 0 Å². The Bertz CT molecular complexity index is 585. The van der Waals surface area contributed by atoms with E-state index in [-0.39, 0.29) is 0 Å². The first kappa shape index (κ1) is 14.2. The van der Waals surface area contributed by atoms with Gasteiger partial charge < -0.3 is 19.6 Å². The highest BCUT2D eigenvalue weighted by Crippen LogP contribution is 2.40. The smallest absolute Gasteiger partial charge is 0.169 e. The van der Waals surface area contributed by atoms with Gasteiger partial charge in [-0.1, -0.05) is 11.6 Å². The van der Waals surface area contributed by atoms with Gasteiger partial charge in [-0.15, -0.1) is 0 Å². The highest BCUT2D eigenvalue weighted by atomic mass is 79.9. The summed E-state index contributed by atoms with van der Waals surface area (Å²) in [6.07, 6.45) is 0. The van der Waals surface area contributed by atoms with E-state index in [0.717, 1.165) is 5.56 Å². The van der Waals surface area contributed by atoms with Gasteiger partial charge in [0, 0.05) is 5.56 Å². The quantitative estimate of drug-likeness (QED) is 0.916. The first-order chi connectivity index (χ1) is 9.08. The van der Waals surface area contributed by atoms with Gasteiger partial charge in [-0.25, -0.2) is 0 Å². The van der Waals surface area contributed by atoms with Gasteiger partial charge >= 0.3 is 0 Å². The molecule has 1 heterocycles. The van der Waals surface area contributed by atoms with Crippen LogP contribution in [0.1, 0.15) is 17.4 Å². The Balaban J connectivity index is 2.47. The summed E-state index contributed by atoms with van der Waals surface area (Å²) in [7, 11) is 3.08. The second kappa shape index (κ2) is 5.86. The monoisotopic (exact) mass is 345 g/mol. The number of rotatable bonds is 4. The molecular weight excluding hydrogens is 334 g/mol. The third kappa shape index (κ3) is 2.73. The molecule has 0 spiro atoms. The number of furan rings is 1. The molecule has 4 nitrogen and oxygen atoms in total. The topological polar surface area (TPSA) is 57.6 Å². The number of hydrogen-bond donors (Lipinski definition) is 1. The maximum atomic E-state index is 6.21. The van der Waals surface area contributed by atoms with Crippen molar-refractivity contribution in [1.29, 1.82) is 0 Å². The molecule has 0 saturated carbocycles. The molecule has 2 aromatic rings. The molecular formula is C13H13BrClNO3. The van der Waals surface area contributed by atoms with Crippen LogP contribution >= 0.6 is 27.5 Å². The van der Waals surface area contributed by atoms with E-state index < -0.39 is 6.04 Å². The maximum absolute atomic E-state index is 6.21. The Morgan fingerprint density at radius 1 is 1.21 bits per heavy atom. The van der Waals surface area contributed by atoms with Crippen molar-refractivity contribution in [1.82, 2.24) is 0 Å². The van der Waals surface area contributed by atoms with E-state index in [9.17, 15) is 0 Å². The second-order valence-electron chi connectivity index (χ2n) is 3.82. The van der Waals surface area contributed by atoms with Crippen LogP contribution < -0.4 is 15.2 Å². The summed E-state index contributed by atoms with van der Waals surface area (Å²) in [5.41, 5.74) is 6.90. The summed E-state index contributed by atoms with van der Waals surface area (Å²) >= 11 is 9.45. The highest BCUT2D eigenvalue weighted by molar-refractivity contribution is 9.10. The Morgan fingerprint density at radius 2 is 1.95 bits per heavy atom. The van der Waals surface area contributed by atoms with E-state index in [1.807, 2.05) is 6.07 Å². The van der Waals surface area contributed by atoms with Gasteiger partial charge in [0.1, 0.15) is 22.3 Å². The lowest BCUT2D eigenvalue weighted by atomic mass is 10.0. The average molecular weight is 347 g/mol. The lowest BCUT2D eigenvalue weighted by Gasteiger charge is -2.16. The lowest BCUT2D eigenvalue weighted by Crippen LogP contribution is -2.12. The fraction of sp³-hybridized carbons (Fsp3) is 0.231. The normalized spacial score (nSPS) is 12.3. The minimum absolute atomic E-state index is 0.392. The summed E-state index contributed by atoms with van der Waals surface area (Å²) in [4.78, 5) is 0. The predicted molar refractivity (Wildman–Crippen MR) is 77.0 cm³/mol. The molecule has 0 aliphatic heterocycles. The molecule has 0 bridgehead atoms. The van der Waals surface area contributed by atoms with E-state index in [2.05, 4.69) is 15.9 Å². The zero-order valence-corrected chi connectivity index (χ0v) is 12.8. The van der Waals surface area contributed by atoms with E-state index in [1.54, 1.807) is 25.3 Å². The number of methoxy groups -OCH3 is 2. The van der Waals surface area contributed by atoms with Gasteiger partial charge in [0.05, 0.1) is 20.3 Å². The summed E-state index contributed by atoms with van der Waals surface area (Å²) in [5.74, 6) is 1.64. The van der Waals surface area contributed by atoms with Gasteiger partial charge in [0.25, 0.3) is 0 Å². The van der Waals surface area contributed by atoms with E-state index >= 15 is 0 Å². The van der Waals surface area contributed by atoms with Crippen molar-refractivity contribution < 1.29 is 13.9 Å². The van der Waals surface area contributed by atoms with Crippen molar-refractivity contribution >= 4 is 27.5 Å². The molecule has 0 fully saturated rings. The third-order valence-electron chi connectivity index (χ3n) is 2.75. The summed E-state index contributed by atoms with van der Waals surface area (Å²) in [5, 5.41) is 0.392. The highest BCUT2D eigenvalue weighted by Gasteiger charge is 2.21. The lowest BCUT2D eigenvalue weighted by molar-refractivity contribution is 0.387. The van der Waals surface area contributed by atoms with Gasteiger partial charge in [-0.05, 0) is 40.2 Å². The van der Waals surface area contributed by atoms with E-state index in [1.165, 1.54) is 7.11 Å². The molecule has 1 aromatic carbocycles. The molecule has 1 aromatic heterocycles. The number of ether oxygens (including phenoxy) is 2. The van der Waals surface area contributed by atoms with E-state index in [0.29, 0.717) is 27.0 Å². The number of benzene rings is 1. The second-order valence-corrected chi connectivity index (χ2v) is 4.98. The molecule has 0 aliphatic carbocycles. The van der Waals surface area contributed by atoms with Crippen LogP contribution in [0.5, 0.6) is 11.5 Å². The molecule has 19 heavy (non-hydrogen) atoms. The first-order valence-electron chi connectivity index (χ1n) is 5.49. The fourth-order valence-corrected chi connectivity index (χ4v) is 2.46. The molecule has 2 rings (SSSR count). The van der Waals surface area contributed by atoms with Crippen LogP contribution in [-0.4, -0.2) is 14.2 Å². The molecule has 1 unspecified atom stereocenters. The zero-order chi connectivity index (χ0) is 14.0. The van der Waals surface area contributed by atoms with Crippen molar-refractivity contribution in [3.8, 4) is 11.5 Å². The minimum Gasteiger partial charge on any atom is -0.495 e. The SMILES string of the molecule is COc1ccc(C(N)c2ccc(Br)o2)c(OC)c1Cl. The molecule has 6 heteroatoms. The largest absolute Gasteiger partial charge is 0.495 e. The van der Waals surface area contributed by atoms with Gasteiger partial charge in [0.15, 0.2) is 4.67 Å². The zero-order valence-electron chi connectivity index (χ0n) is 10.4. The Hall–Kier alpha value is -1.17. The molecule has 0 aliphatic rings. The van der Waals surface area contributed by atoms with Crippen molar-refractivity contribution in [2.24, 2.45) is 5.73 Å². The molecule has 0 saturated heterocycles. The van der Waals surface area contributed by atoms with Crippen LogP contribution in [0, 0.1) is 0 Å². The molecule has 102 valence electrons. The number of nitrogens with two attached hydrogens (primary N) is 1. The van der Waals surface area contributed by atoms with E-state index in [4.69, 9.17) is 31.2 Å². The average Bonchev–Trinajstić information content (AvgIpc) is 2.84. The van der Waals surface area contributed by atoms with Gasteiger partial charge in [-0.3, -0.25) is 0 Å². The minimum atomic E-state index is -0.468. The maximum Gasteiger partial charge on any atom is 0.169 e. The van der Waals surface area contributed by atoms with Crippen molar-refractivity contribution in [3.05, 3.63) is 45.3 Å². The first-order valence-corrected chi connectivity index (χ1v) is 6.66. The van der Waals surface area contributed by atoms with Crippen LogP contribution in [0.4, 0.5) is 0 Å². The van der Waals surface area contributed by atoms with Crippen molar-refractivity contribution in [2.45, 2.75) is 6.04 Å². The molecule has 0 amide bonds. The Labute approximate surface area is 124 Å². The van der Waals surface area contributed by atoms with Crippen LogP contribution in [0.25, 0.3) is 0 Å². The third-order valence-corrected chi connectivity index (χ3v) is 3.54. The van der Waals surface area contributed by atoms with Crippen LogP contribution in [0.3, 0.4) is 0 Å². The fourth-order valence-electron chi connectivity index (χ4n) is 1.81. The van der Waals surface area contributed by atoms with Gasteiger partial charge in [-0.2, -0.15) is 0 Å². The Kier molecular flexibility index (Phi) is 4.39. The standard InChI is InChI=1S/C13H13BrClNO3/c1-17-8-4-3-7(13(18-2)11(8)15)12(16)9-5-6-10(14)19-9/h3-6,12H,16H2,1-2H3. The summed E-state index contributed by atoms with van der Waals surface area (Å²) < 4.78 is 16.6. The van der Waals surface area contributed by atoms with Crippen LogP contribution in [0.15, 0.2) is 33.4 Å². The predicted octanol–water partition coefficient (Wildman–Crippen LogP) is 3.76. The molecule has 2 N–H and O–H groups in total. The number of halogens is 2.